The van der Waals surface area contributed by atoms with Crippen molar-refractivity contribution in [2.24, 2.45) is 0 Å². The number of pyridine rings is 1. The van der Waals surface area contributed by atoms with E-state index in [0.717, 1.165) is 30.0 Å². The molecule has 2 heterocycles. The lowest BCUT2D eigenvalue weighted by Gasteiger charge is -2.15. The van der Waals surface area contributed by atoms with Gasteiger partial charge in [-0.25, -0.2) is 4.68 Å². The number of benzene rings is 1. The lowest BCUT2D eigenvalue weighted by Crippen LogP contribution is -2.25. The van der Waals surface area contributed by atoms with Gasteiger partial charge in [0.1, 0.15) is 0 Å². The Bertz CT molecular complexity index is 984. The van der Waals surface area contributed by atoms with Gasteiger partial charge in [0, 0.05) is 36.0 Å². The molecule has 0 spiro atoms. The van der Waals surface area contributed by atoms with E-state index in [1.54, 1.807) is 0 Å². The zero-order valence-electron chi connectivity index (χ0n) is 17.8. The first kappa shape index (κ1) is 19.6. The van der Waals surface area contributed by atoms with E-state index < -0.39 is 0 Å². The third-order valence-electron chi connectivity index (χ3n) is 5.88. The average Bonchev–Trinajstić information content (AvgIpc) is 3.31. The normalized spacial score (nSPS) is 18.7. The second kappa shape index (κ2) is 8.34. The zero-order valence-corrected chi connectivity index (χ0v) is 17.8. The molecule has 2 aromatic heterocycles. The van der Waals surface area contributed by atoms with Gasteiger partial charge in [-0.05, 0) is 56.0 Å². The number of aryl methyl sites for hydroxylation is 1. The summed E-state index contributed by atoms with van der Waals surface area (Å²) in [5.41, 5.74) is 7.28. The first-order valence-corrected chi connectivity index (χ1v) is 10.5. The maximum atomic E-state index is 4.87. The zero-order chi connectivity index (χ0) is 20.4. The molecular weight excluding hydrogens is 356 g/mol. The van der Waals surface area contributed by atoms with E-state index >= 15 is 0 Å². The SMILES string of the molecule is Cc1nn(-c2ccc(C(C)C)cc2)c(C)c1[C@@H]1C=C[C@@H](NCc2ccccn2)C1. The molecular formula is C25H30N4. The van der Waals surface area contributed by atoms with Gasteiger partial charge < -0.3 is 5.32 Å². The van der Waals surface area contributed by atoms with Crippen LogP contribution in [-0.4, -0.2) is 20.8 Å². The molecule has 1 aromatic carbocycles. The number of nitrogens with one attached hydrogen (secondary N) is 1. The van der Waals surface area contributed by atoms with Crippen LogP contribution in [0.2, 0.25) is 0 Å². The molecule has 4 rings (SSSR count). The number of hydrogen-bond donors (Lipinski definition) is 1. The van der Waals surface area contributed by atoms with Crippen LogP contribution in [0.3, 0.4) is 0 Å². The van der Waals surface area contributed by atoms with Gasteiger partial charge in [-0.15, -0.1) is 0 Å². The second-order valence-electron chi connectivity index (χ2n) is 8.28. The molecule has 3 aromatic rings. The molecule has 0 unspecified atom stereocenters. The topological polar surface area (TPSA) is 42.7 Å². The molecule has 0 aliphatic heterocycles. The van der Waals surface area contributed by atoms with E-state index in [1.165, 1.54) is 16.8 Å². The number of allylic oxidation sites excluding steroid dienone is 1. The van der Waals surface area contributed by atoms with Crippen molar-refractivity contribution < 1.29 is 0 Å². The summed E-state index contributed by atoms with van der Waals surface area (Å²) in [6.45, 7) is 9.56. The van der Waals surface area contributed by atoms with Crippen molar-refractivity contribution in [1.82, 2.24) is 20.1 Å². The third-order valence-corrected chi connectivity index (χ3v) is 5.88. The van der Waals surface area contributed by atoms with Crippen LogP contribution in [0.15, 0.2) is 60.8 Å². The molecule has 1 aliphatic rings. The van der Waals surface area contributed by atoms with Crippen LogP contribution in [0.5, 0.6) is 0 Å². The lowest BCUT2D eigenvalue weighted by atomic mass is 9.96. The van der Waals surface area contributed by atoms with Crippen molar-refractivity contribution >= 4 is 0 Å². The fourth-order valence-electron chi connectivity index (χ4n) is 4.25. The summed E-state index contributed by atoms with van der Waals surface area (Å²) in [4.78, 5) is 4.40. The highest BCUT2D eigenvalue weighted by molar-refractivity contribution is 5.42. The molecule has 0 saturated heterocycles. The van der Waals surface area contributed by atoms with Gasteiger partial charge in [-0.1, -0.05) is 44.2 Å². The van der Waals surface area contributed by atoms with Crippen molar-refractivity contribution in [3.05, 3.63) is 89.0 Å². The smallest absolute Gasteiger partial charge is 0.0649 e. The monoisotopic (exact) mass is 386 g/mol. The lowest BCUT2D eigenvalue weighted by molar-refractivity contribution is 0.554. The van der Waals surface area contributed by atoms with Crippen molar-refractivity contribution in [3.63, 3.8) is 0 Å². The highest BCUT2D eigenvalue weighted by Crippen LogP contribution is 2.34. The molecule has 0 bridgehead atoms. The molecule has 0 radical (unpaired) electrons. The fraction of sp³-hybridized carbons (Fsp3) is 0.360. The predicted molar refractivity (Wildman–Crippen MR) is 118 cm³/mol. The van der Waals surface area contributed by atoms with E-state index in [-0.39, 0.29) is 0 Å². The minimum atomic E-state index is 0.370. The number of nitrogens with zero attached hydrogens (tertiary/aromatic N) is 3. The van der Waals surface area contributed by atoms with Crippen molar-refractivity contribution in [2.45, 2.75) is 58.5 Å². The Morgan fingerprint density at radius 3 is 2.55 bits per heavy atom. The molecule has 0 fully saturated rings. The van der Waals surface area contributed by atoms with Crippen molar-refractivity contribution in [2.75, 3.05) is 0 Å². The second-order valence-corrected chi connectivity index (χ2v) is 8.28. The first-order valence-electron chi connectivity index (χ1n) is 10.5. The van der Waals surface area contributed by atoms with E-state index in [0.29, 0.717) is 17.9 Å². The van der Waals surface area contributed by atoms with Crippen LogP contribution in [-0.2, 0) is 6.54 Å². The van der Waals surface area contributed by atoms with Gasteiger partial charge in [-0.2, -0.15) is 5.10 Å². The quantitative estimate of drug-likeness (QED) is 0.592. The summed E-state index contributed by atoms with van der Waals surface area (Å²) >= 11 is 0. The molecule has 4 heteroatoms. The summed E-state index contributed by atoms with van der Waals surface area (Å²) in [5, 5.41) is 8.49. The Labute approximate surface area is 173 Å². The van der Waals surface area contributed by atoms with Gasteiger partial charge in [0.05, 0.1) is 17.1 Å². The summed E-state index contributed by atoms with van der Waals surface area (Å²) in [7, 11) is 0. The average molecular weight is 387 g/mol. The minimum Gasteiger partial charge on any atom is -0.305 e. The van der Waals surface area contributed by atoms with Gasteiger partial charge in [0.15, 0.2) is 0 Å². The van der Waals surface area contributed by atoms with Crippen molar-refractivity contribution in [1.29, 1.82) is 0 Å². The van der Waals surface area contributed by atoms with Gasteiger partial charge in [-0.3, -0.25) is 4.98 Å². The van der Waals surface area contributed by atoms with Crippen LogP contribution in [0.1, 0.15) is 60.3 Å². The molecule has 1 aliphatic carbocycles. The number of aromatic nitrogens is 3. The summed E-state index contributed by atoms with van der Waals surface area (Å²) in [5.74, 6) is 0.944. The minimum absolute atomic E-state index is 0.370. The van der Waals surface area contributed by atoms with Gasteiger partial charge in [0.2, 0.25) is 0 Å². The molecule has 2 atom stereocenters. The molecule has 150 valence electrons. The Balaban J connectivity index is 1.48. The maximum absolute atomic E-state index is 4.87. The van der Waals surface area contributed by atoms with E-state index in [1.807, 2.05) is 18.3 Å². The standard InChI is InChI=1S/C25H30N4/c1-17(2)20-9-12-24(13-10-20)29-19(4)25(18(3)28-29)21-8-11-22(15-21)27-16-23-7-5-6-14-26-23/h5-14,17,21-22,27H,15-16H2,1-4H3/t21-,22-/m1/s1. The van der Waals surface area contributed by atoms with Gasteiger partial charge >= 0.3 is 0 Å². The Kier molecular flexibility index (Phi) is 5.63. The van der Waals surface area contributed by atoms with Crippen LogP contribution in [0.25, 0.3) is 5.69 Å². The summed E-state index contributed by atoms with van der Waals surface area (Å²) in [6, 6.07) is 15.2. The Morgan fingerprint density at radius 2 is 1.86 bits per heavy atom. The van der Waals surface area contributed by atoms with Gasteiger partial charge in [0.25, 0.3) is 0 Å². The predicted octanol–water partition coefficient (Wildman–Crippen LogP) is 5.21. The molecule has 0 saturated carbocycles. The molecule has 29 heavy (non-hydrogen) atoms. The van der Waals surface area contributed by atoms with Crippen LogP contribution in [0.4, 0.5) is 0 Å². The summed E-state index contributed by atoms with van der Waals surface area (Å²) < 4.78 is 2.09. The van der Waals surface area contributed by atoms with Crippen molar-refractivity contribution in [3.8, 4) is 5.69 Å². The van der Waals surface area contributed by atoms with Crippen LogP contribution >= 0.6 is 0 Å². The Hall–Kier alpha value is -2.72. The summed E-state index contributed by atoms with van der Waals surface area (Å²) in [6.07, 6.45) is 7.53. The fourth-order valence-corrected chi connectivity index (χ4v) is 4.25. The third kappa shape index (κ3) is 4.18. The molecule has 4 nitrogen and oxygen atoms in total. The highest BCUT2D eigenvalue weighted by atomic mass is 15.3. The van der Waals surface area contributed by atoms with E-state index in [9.17, 15) is 0 Å². The number of hydrogen-bond acceptors (Lipinski definition) is 3. The van der Waals surface area contributed by atoms with Crippen LogP contribution < -0.4 is 5.32 Å². The van der Waals surface area contributed by atoms with E-state index in [2.05, 4.69) is 85.2 Å². The number of rotatable bonds is 6. The largest absolute Gasteiger partial charge is 0.305 e. The molecule has 1 N–H and O–H groups in total. The van der Waals surface area contributed by atoms with Crippen LogP contribution in [0, 0.1) is 13.8 Å². The highest BCUT2D eigenvalue weighted by Gasteiger charge is 2.26. The Morgan fingerprint density at radius 1 is 1.07 bits per heavy atom. The van der Waals surface area contributed by atoms with E-state index in [4.69, 9.17) is 5.10 Å². The molecule has 0 amide bonds. The maximum Gasteiger partial charge on any atom is 0.0649 e. The first-order chi connectivity index (χ1) is 14.0.